The van der Waals surface area contributed by atoms with Crippen LogP contribution >= 0.6 is 11.3 Å². The smallest absolute Gasteiger partial charge is 0.223 e. The van der Waals surface area contributed by atoms with Crippen molar-refractivity contribution in [3.05, 3.63) is 33.8 Å². The highest BCUT2D eigenvalue weighted by Gasteiger charge is 2.42. The standard InChI is InChI=1S/C27H40N2O5S/c1-15-8-10-21(16(2)12-20-14-35-19(5)28-20)29-24(32)13-23(31)27(6,7)26(34)18(4)25(33)17(3)22(30)11-9-15/h9,11-12,14-15,17-18,21,23,25,31,33H,8,10,13H2,1-7H3,(H,29,32)/b11-9+,16-12?/t15?,17-,18+,21-,23-,25-/m0/s1. The van der Waals surface area contributed by atoms with E-state index in [1.54, 1.807) is 39.0 Å². The number of allylic oxidation sites excluding steroid dienone is 2. The van der Waals surface area contributed by atoms with Gasteiger partial charge in [-0.2, -0.15) is 0 Å². The molecule has 0 spiro atoms. The first kappa shape index (κ1) is 29.1. The van der Waals surface area contributed by atoms with Crippen LogP contribution in [-0.4, -0.2) is 50.9 Å². The van der Waals surface area contributed by atoms with Crippen LogP contribution in [0.25, 0.3) is 6.08 Å². The number of thiazole rings is 1. The Bertz CT molecular complexity index is 980. The number of aromatic nitrogens is 1. The van der Waals surface area contributed by atoms with Gasteiger partial charge in [0.1, 0.15) is 5.78 Å². The minimum Gasteiger partial charge on any atom is -0.392 e. The van der Waals surface area contributed by atoms with E-state index in [0.717, 1.165) is 22.7 Å². The predicted octanol–water partition coefficient (Wildman–Crippen LogP) is 3.87. The average molecular weight is 505 g/mol. The van der Waals surface area contributed by atoms with E-state index in [9.17, 15) is 24.6 Å². The summed E-state index contributed by atoms with van der Waals surface area (Å²) < 4.78 is 0. The molecule has 0 aromatic carbocycles. The van der Waals surface area contributed by atoms with Crippen LogP contribution in [0.15, 0.2) is 23.1 Å². The number of aryl methyl sites for hydroxylation is 1. The molecule has 1 amide bonds. The van der Waals surface area contributed by atoms with Gasteiger partial charge in [-0.1, -0.05) is 40.7 Å². The SMILES string of the molecule is CC(=Cc1csc(C)n1)[C@@H]1CCC(C)/C=C/C(=O)[C@H](C)[C@H](O)[C@@H](C)C(=O)C(C)(C)[C@@H](O)CC(=O)N1. The molecule has 6 atom stereocenters. The second kappa shape index (κ2) is 12.2. The minimum absolute atomic E-state index is 0.0634. The molecule has 8 heteroatoms. The molecule has 0 fully saturated rings. The van der Waals surface area contributed by atoms with Crippen LogP contribution in [0.2, 0.25) is 0 Å². The van der Waals surface area contributed by atoms with Gasteiger partial charge >= 0.3 is 0 Å². The zero-order valence-electron chi connectivity index (χ0n) is 21.9. The van der Waals surface area contributed by atoms with E-state index in [-0.39, 0.29) is 35.9 Å². The third-order valence-corrected chi connectivity index (χ3v) is 7.92. The third kappa shape index (κ3) is 7.66. The van der Waals surface area contributed by atoms with Gasteiger partial charge in [-0.25, -0.2) is 4.98 Å². The highest BCUT2D eigenvalue weighted by molar-refractivity contribution is 7.09. The zero-order chi connectivity index (χ0) is 26.5. The van der Waals surface area contributed by atoms with Gasteiger partial charge in [-0.05, 0) is 50.3 Å². The summed E-state index contributed by atoms with van der Waals surface area (Å²) in [5.74, 6) is -2.55. The number of Topliss-reactive ketones (excluding diaryl/α,β-unsaturated/α-hetero) is 1. The molecular formula is C27H40N2O5S. The maximum atomic E-state index is 13.2. The van der Waals surface area contributed by atoms with E-state index in [0.29, 0.717) is 6.42 Å². The van der Waals surface area contributed by atoms with Crippen molar-refractivity contribution in [2.45, 2.75) is 86.0 Å². The second-order valence-electron chi connectivity index (χ2n) is 10.5. The molecular weight excluding hydrogens is 464 g/mol. The Hall–Kier alpha value is -2.16. The fourth-order valence-electron chi connectivity index (χ4n) is 4.32. The van der Waals surface area contributed by atoms with Gasteiger partial charge in [0.15, 0.2) is 5.78 Å². The summed E-state index contributed by atoms with van der Waals surface area (Å²) in [6.07, 6.45) is 3.93. The number of nitrogens with zero attached hydrogens (tertiary/aromatic N) is 1. The van der Waals surface area contributed by atoms with Gasteiger partial charge in [0.05, 0.1) is 40.8 Å². The molecule has 0 radical (unpaired) electrons. The molecule has 7 nitrogen and oxygen atoms in total. The molecule has 2 rings (SSSR count). The van der Waals surface area contributed by atoms with E-state index < -0.39 is 29.5 Å². The van der Waals surface area contributed by atoms with Gasteiger partial charge in [-0.15, -0.1) is 11.3 Å². The summed E-state index contributed by atoms with van der Waals surface area (Å²) in [7, 11) is 0. The first-order valence-corrected chi connectivity index (χ1v) is 13.1. The van der Waals surface area contributed by atoms with Crippen molar-refractivity contribution in [1.82, 2.24) is 10.3 Å². The molecule has 2 heterocycles. The first-order valence-electron chi connectivity index (χ1n) is 12.3. The zero-order valence-corrected chi connectivity index (χ0v) is 22.7. The van der Waals surface area contributed by atoms with Gasteiger partial charge < -0.3 is 15.5 Å². The Labute approximate surface area is 212 Å². The number of carbonyl (C=O) groups is 3. The van der Waals surface area contributed by atoms with Gasteiger partial charge in [-0.3, -0.25) is 14.4 Å². The van der Waals surface area contributed by atoms with E-state index in [1.807, 2.05) is 38.3 Å². The molecule has 1 aliphatic heterocycles. The van der Waals surface area contributed by atoms with Crippen molar-refractivity contribution in [1.29, 1.82) is 0 Å². The van der Waals surface area contributed by atoms with Crippen LogP contribution in [0.3, 0.4) is 0 Å². The van der Waals surface area contributed by atoms with Crippen LogP contribution in [0.4, 0.5) is 0 Å². The topological polar surface area (TPSA) is 117 Å². The molecule has 194 valence electrons. The Kier molecular flexibility index (Phi) is 10.1. The van der Waals surface area contributed by atoms with Crippen molar-refractivity contribution >= 4 is 34.9 Å². The normalized spacial score (nSPS) is 32.8. The minimum atomic E-state index is -1.28. The monoisotopic (exact) mass is 504 g/mol. The number of hydrogen-bond donors (Lipinski definition) is 3. The quantitative estimate of drug-likeness (QED) is 0.563. The second-order valence-corrected chi connectivity index (χ2v) is 11.6. The highest BCUT2D eigenvalue weighted by Crippen LogP contribution is 2.31. The van der Waals surface area contributed by atoms with Crippen molar-refractivity contribution < 1.29 is 24.6 Å². The number of aliphatic hydroxyl groups excluding tert-OH is 2. The molecule has 0 saturated heterocycles. The summed E-state index contributed by atoms with van der Waals surface area (Å²) in [6.45, 7) is 12.2. The number of ketones is 2. The molecule has 1 aromatic heterocycles. The maximum Gasteiger partial charge on any atom is 0.223 e. The molecule has 35 heavy (non-hydrogen) atoms. The van der Waals surface area contributed by atoms with Gasteiger partial charge in [0, 0.05) is 17.2 Å². The maximum absolute atomic E-state index is 13.2. The lowest BCUT2D eigenvalue weighted by molar-refractivity contribution is -0.143. The summed E-state index contributed by atoms with van der Waals surface area (Å²) in [5.41, 5.74) is 0.492. The Balaban J connectivity index is 2.38. The number of rotatable bonds is 2. The highest BCUT2D eigenvalue weighted by atomic mass is 32.1. The van der Waals surface area contributed by atoms with Crippen LogP contribution < -0.4 is 5.32 Å². The molecule has 0 aliphatic carbocycles. The van der Waals surface area contributed by atoms with E-state index in [4.69, 9.17) is 0 Å². The third-order valence-electron chi connectivity index (χ3n) is 7.13. The Morgan fingerprint density at radius 1 is 1.14 bits per heavy atom. The van der Waals surface area contributed by atoms with Crippen LogP contribution in [0, 0.1) is 30.1 Å². The lowest BCUT2D eigenvalue weighted by Gasteiger charge is -2.34. The fraction of sp³-hybridized carbons (Fsp3) is 0.630. The summed E-state index contributed by atoms with van der Waals surface area (Å²) >= 11 is 1.55. The van der Waals surface area contributed by atoms with Crippen molar-refractivity contribution in [3.63, 3.8) is 0 Å². The summed E-state index contributed by atoms with van der Waals surface area (Å²) in [5, 5.41) is 27.5. The average Bonchev–Trinajstić information content (AvgIpc) is 3.21. The predicted molar refractivity (Wildman–Crippen MR) is 139 cm³/mol. The van der Waals surface area contributed by atoms with E-state index >= 15 is 0 Å². The number of aliphatic hydroxyl groups is 2. The summed E-state index contributed by atoms with van der Waals surface area (Å²) in [4.78, 5) is 43.3. The number of carbonyl (C=O) groups excluding carboxylic acids is 3. The van der Waals surface area contributed by atoms with Gasteiger partial charge in [0.2, 0.25) is 5.91 Å². The van der Waals surface area contributed by atoms with Crippen LogP contribution in [0.1, 0.15) is 71.5 Å². The summed E-state index contributed by atoms with van der Waals surface area (Å²) in [6, 6.07) is -0.283. The molecule has 0 saturated carbocycles. The lowest BCUT2D eigenvalue weighted by atomic mass is 9.73. The number of nitrogens with one attached hydrogen (secondary N) is 1. The fourth-order valence-corrected chi connectivity index (χ4v) is 4.89. The Morgan fingerprint density at radius 2 is 1.80 bits per heavy atom. The molecule has 1 aliphatic rings. The Morgan fingerprint density at radius 3 is 2.40 bits per heavy atom. The molecule has 1 aromatic rings. The van der Waals surface area contributed by atoms with E-state index in [1.165, 1.54) is 6.08 Å². The lowest BCUT2D eigenvalue weighted by Crippen LogP contribution is -2.47. The molecule has 0 bridgehead atoms. The molecule has 3 N–H and O–H groups in total. The first-order chi connectivity index (χ1) is 16.2. The van der Waals surface area contributed by atoms with Crippen molar-refractivity contribution in [2.75, 3.05) is 0 Å². The van der Waals surface area contributed by atoms with Crippen LogP contribution in [-0.2, 0) is 14.4 Å². The molecule has 1 unspecified atom stereocenters. The van der Waals surface area contributed by atoms with Crippen LogP contribution in [0.5, 0.6) is 0 Å². The number of hydrogen-bond acceptors (Lipinski definition) is 7. The van der Waals surface area contributed by atoms with E-state index in [2.05, 4.69) is 10.3 Å². The van der Waals surface area contributed by atoms with Gasteiger partial charge in [0.25, 0.3) is 0 Å². The van der Waals surface area contributed by atoms with Crippen molar-refractivity contribution in [3.8, 4) is 0 Å². The number of amides is 1. The largest absolute Gasteiger partial charge is 0.392 e. The van der Waals surface area contributed by atoms with Crippen molar-refractivity contribution in [2.24, 2.45) is 23.2 Å².